The SMILES string of the molecule is CN=C(NCCNC(=O)c1ccc(Br)cc1)NCC1(CCOC)CCC1.I. The quantitative estimate of drug-likeness (QED) is 0.190. The van der Waals surface area contributed by atoms with Crippen LogP contribution in [0.2, 0.25) is 0 Å². The third-order valence-electron chi connectivity index (χ3n) is 4.91. The molecule has 0 radical (unpaired) electrons. The Kier molecular flexibility index (Phi) is 11.2. The Hall–Kier alpha value is -0.870. The Labute approximate surface area is 187 Å². The number of carbonyl (C=O) groups excluding carboxylic acids is 1. The van der Waals surface area contributed by atoms with Crippen molar-refractivity contribution in [1.82, 2.24) is 16.0 Å². The lowest BCUT2D eigenvalue weighted by Crippen LogP contribution is -2.48. The first-order valence-electron chi connectivity index (χ1n) is 9.06. The highest BCUT2D eigenvalue weighted by molar-refractivity contribution is 14.0. The van der Waals surface area contributed by atoms with Gasteiger partial charge in [-0.25, -0.2) is 0 Å². The van der Waals surface area contributed by atoms with Gasteiger partial charge in [0.05, 0.1) is 0 Å². The molecule has 0 unspecified atom stereocenters. The van der Waals surface area contributed by atoms with Crippen LogP contribution in [-0.2, 0) is 4.74 Å². The summed E-state index contributed by atoms with van der Waals surface area (Å²) in [6, 6.07) is 7.31. The van der Waals surface area contributed by atoms with Crippen molar-refractivity contribution in [2.75, 3.05) is 40.4 Å². The van der Waals surface area contributed by atoms with Crippen molar-refractivity contribution in [2.24, 2.45) is 10.4 Å². The monoisotopic (exact) mass is 552 g/mol. The number of nitrogens with one attached hydrogen (secondary N) is 3. The van der Waals surface area contributed by atoms with Crippen LogP contribution in [0.25, 0.3) is 0 Å². The summed E-state index contributed by atoms with van der Waals surface area (Å²) in [4.78, 5) is 16.3. The van der Waals surface area contributed by atoms with E-state index in [4.69, 9.17) is 4.74 Å². The van der Waals surface area contributed by atoms with Gasteiger partial charge in [-0.1, -0.05) is 22.4 Å². The molecule has 1 amide bonds. The first-order chi connectivity index (χ1) is 12.6. The maximum Gasteiger partial charge on any atom is 0.251 e. The molecule has 0 aromatic heterocycles. The molecule has 0 bridgehead atoms. The Balaban J connectivity index is 0.00000364. The number of methoxy groups -OCH3 is 1. The van der Waals surface area contributed by atoms with Crippen LogP contribution in [-0.4, -0.2) is 52.3 Å². The number of halogens is 2. The zero-order valence-corrected chi connectivity index (χ0v) is 19.9. The van der Waals surface area contributed by atoms with Gasteiger partial charge in [-0.15, -0.1) is 24.0 Å². The molecule has 6 nitrogen and oxygen atoms in total. The number of rotatable bonds is 9. The number of hydrogen-bond donors (Lipinski definition) is 3. The molecule has 1 saturated carbocycles. The lowest BCUT2D eigenvalue weighted by Gasteiger charge is -2.42. The summed E-state index contributed by atoms with van der Waals surface area (Å²) in [6.07, 6.45) is 4.85. The first kappa shape index (κ1) is 24.2. The fourth-order valence-corrected chi connectivity index (χ4v) is 3.33. The van der Waals surface area contributed by atoms with E-state index < -0.39 is 0 Å². The van der Waals surface area contributed by atoms with Gasteiger partial charge in [0.1, 0.15) is 0 Å². The molecule has 1 aliphatic rings. The van der Waals surface area contributed by atoms with Crippen LogP contribution in [0.5, 0.6) is 0 Å². The van der Waals surface area contributed by atoms with Crippen LogP contribution in [0.1, 0.15) is 36.0 Å². The number of aliphatic imine (C=N–C) groups is 1. The summed E-state index contributed by atoms with van der Waals surface area (Å²) in [5.74, 6) is 0.696. The maximum atomic E-state index is 12.1. The highest BCUT2D eigenvalue weighted by atomic mass is 127. The van der Waals surface area contributed by atoms with Crippen LogP contribution in [0.15, 0.2) is 33.7 Å². The van der Waals surface area contributed by atoms with E-state index in [0.29, 0.717) is 24.1 Å². The summed E-state index contributed by atoms with van der Waals surface area (Å²) < 4.78 is 6.19. The predicted molar refractivity (Wildman–Crippen MR) is 124 cm³/mol. The van der Waals surface area contributed by atoms with Gasteiger partial charge in [0.2, 0.25) is 0 Å². The lowest BCUT2D eigenvalue weighted by atomic mass is 9.67. The molecule has 3 N–H and O–H groups in total. The van der Waals surface area contributed by atoms with Gasteiger partial charge < -0.3 is 20.7 Å². The molecule has 0 heterocycles. The van der Waals surface area contributed by atoms with E-state index in [1.165, 1.54) is 19.3 Å². The summed E-state index contributed by atoms with van der Waals surface area (Å²) in [6.45, 7) is 2.86. The number of carbonyl (C=O) groups is 1. The van der Waals surface area contributed by atoms with Crippen molar-refractivity contribution in [1.29, 1.82) is 0 Å². The van der Waals surface area contributed by atoms with Crippen LogP contribution < -0.4 is 16.0 Å². The topological polar surface area (TPSA) is 74.8 Å². The predicted octanol–water partition coefficient (Wildman–Crippen LogP) is 3.17. The molecular weight excluding hydrogens is 523 g/mol. The van der Waals surface area contributed by atoms with Crippen molar-refractivity contribution < 1.29 is 9.53 Å². The van der Waals surface area contributed by atoms with E-state index in [0.717, 1.165) is 30.0 Å². The molecule has 27 heavy (non-hydrogen) atoms. The molecule has 0 atom stereocenters. The second-order valence-electron chi connectivity index (χ2n) is 6.71. The highest BCUT2D eigenvalue weighted by Crippen LogP contribution is 2.43. The van der Waals surface area contributed by atoms with Gasteiger partial charge >= 0.3 is 0 Å². The van der Waals surface area contributed by atoms with Crippen molar-refractivity contribution in [2.45, 2.75) is 25.7 Å². The minimum atomic E-state index is -0.0739. The number of hydrogen-bond acceptors (Lipinski definition) is 3. The minimum Gasteiger partial charge on any atom is -0.385 e. The van der Waals surface area contributed by atoms with Gasteiger partial charge in [-0.3, -0.25) is 9.79 Å². The number of ether oxygens (including phenoxy) is 1. The van der Waals surface area contributed by atoms with Gasteiger partial charge in [-0.05, 0) is 48.9 Å². The van der Waals surface area contributed by atoms with E-state index in [1.807, 2.05) is 12.1 Å². The molecule has 8 heteroatoms. The molecule has 2 rings (SSSR count). The number of benzene rings is 1. The van der Waals surface area contributed by atoms with Gasteiger partial charge in [0.15, 0.2) is 5.96 Å². The fourth-order valence-electron chi connectivity index (χ4n) is 3.06. The van der Waals surface area contributed by atoms with Crippen molar-refractivity contribution in [3.05, 3.63) is 34.3 Å². The Morgan fingerprint density at radius 3 is 2.41 bits per heavy atom. The lowest BCUT2D eigenvalue weighted by molar-refractivity contribution is 0.0732. The Bertz CT molecular complexity index is 606. The minimum absolute atomic E-state index is 0. The molecule has 0 saturated heterocycles. The summed E-state index contributed by atoms with van der Waals surface area (Å²) in [7, 11) is 3.52. The summed E-state index contributed by atoms with van der Waals surface area (Å²) in [5.41, 5.74) is 0.990. The highest BCUT2D eigenvalue weighted by Gasteiger charge is 2.36. The first-order valence-corrected chi connectivity index (χ1v) is 9.85. The molecule has 1 aromatic rings. The average Bonchev–Trinajstić information content (AvgIpc) is 2.62. The van der Waals surface area contributed by atoms with E-state index >= 15 is 0 Å². The smallest absolute Gasteiger partial charge is 0.251 e. The van der Waals surface area contributed by atoms with Crippen LogP contribution in [0.4, 0.5) is 0 Å². The molecule has 152 valence electrons. The summed E-state index contributed by atoms with van der Waals surface area (Å²) >= 11 is 3.37. The average molecular weight is 553 g/mol. The molecule has 0 spiro atoms. The van der Waals surface area contributed by atoms with Crippen molar-refractivity contribution in [3.8, 4) is 0 Å². The molecule has 1 aliphatic carbocycles. The van der Waals surface area contributed by atoms with Gasteiger partial charge in [0, 0.05) is 50.4 Å². The fraction of sp³-hybridized carbons (Fsp3) is 0.579. The van der Waals surface area contributed by atoms with Crippen LogP contribution in [0.3, 0.4) is 0 Å². The van der Waals surface area contributed by atoms with Gasteiger partial charge in [0.25, 0.3) is 5.91 Å². The number of guanidine groups is 1. The summed E-state index contributed by atoms with van der Waals surface area (Å²) in [5, 5.41) is 9.56. The molecule has 1 aromatic carbocycles. The standard InChI is InChI=1S/C19H29BrN4O2.HI/c1-21-18(24-14-19(8-3-9-19)10-13-26-2)23-12-11-22-17(25)15-4-6-16(20)7-5-15;/h4-7H,3,8-14H2,1-2H3,(H,22,25)(H2,21,23,24);1H. The molecule has 1 fully saturated rings. The zero-order valence-electron chi connectivity index (χ0n) is 16.0. The van der Waals surface area contributed by atoms with Crippen molar-refractivity contribution in [3.63, 3.8) is 0 Å². The second-order valence-corrected chi connectivity index (χ2v) is 7.63. The number of amides is 1. The van der Waals surface area contributed by atoms with Gasteiger partial charge in [-0.2, -0.15) is 0 Å². The largest absolute Gasteiger partial charge is 0.385 e. The third kappa shape index (κ3) is 7.95. The zero-order chi connectivity index (χ0) is 18.8. The van der Waals surface area contributed by atoms with E-state index in [-0.39, 0.29) is 29.9 Å². The second kappa shape index (κ2) is 12.6. The number of nitrogens with zero attached hydrogens (tertiary/aromatic N) is 1. The van der Waals surface area contributed by atoms with E-state index in [2.05, 4.69) is 36.9 Å². The maximum absolute atomic E-state index is 12.1. The molecular formula is C19H30BrIN4O2. The van der Waals surface area contributed by atoms with Crippen LogP contribution in [0, 0.1) is 5.41 Å². The third-order valence-corrected chi connectivity index (χ3v) is 5.44. The Morgan fingerprint density at radius 1 is 1.19 bits per heavy atom. The normalized spacial score (nSPS) is 15.3. The Morgan fingerprint density at radius 2 is 1.85 bits per heavy atom. The van der Waals surface area contributed by atoms with E-state index in [1.54, 1.807) is 26.3 Å². The van der Waals surface area contributed by atoms with Crippen LogP contribution >= 0.6 is 39.9 Å². The van der Waals surface area contributed by atoms with Crippen molar-refractivity contribution >= 4 is 51.8 Å². The molecule has 0 aliphatic heterocycles. The van der Waals surface area contributed by atoms with E-state index in [9.17, 15) is 4.79 Å².